The van der Waals surface area contributed by atoms with Gasteiger partial charge in [-0.1, -0.05) is 0 Å². The Morgan fingerprint density at radius 2 is 2.33 bits per heavy atom. The fourth-order valence-electron chi connectivity index (χ4n) is 1.42. The summed E-state index contributed by atoms with van der Waals surface area (Å²) in [4.78, 5) is 14.6. The van der Waals surface area contributed by atoms with Gasteiger partial charge in [0.25, 0.3) is 5.91 Å². The zero-order chi connectivity index (χ0) is 13.5. The number of nitrogens with zero attached hydrogens (tertiary/aromatic N) is 2. The number of halogens is 1. The van der Waals surface area contributed by atoms with E-state index in [0.717, 1.165) is 9.35 Å². The summed E-state index contributed by atoms with van der Waals surface area (Å²) < 4.78 is 5.95. The summed E-state index contributed by atoms with van der Waals surface area (Å²) in [5, 5.41) is 8.62. The molecular formula is C12H15BrN2O2S. The Balaban J connectivity index is 2.77. The second kappa shape index (κ2) is 7.52. The first-order valence-corrected chi connectivity index (χ1v) is 7.12. The van der Waals surface area contributed by atoms with Crippen LogP contribution in [0.15, 0.2) is 9.85 Å². The number of methoxy groups -OCH3 is 1. The van der Waals surface area contributed by atoms with Gasteiger partial charge in [-0.25, -0.2) is 0 Å². The zero-order valence-electron chi connectivity index (χ0n) is 10.4. The summed E-state index contributed by atoms with van der Waals surface area (Å²) in [6.45, 7) is 3.37. The monoisotopic (exact) mass is 330 g/mol. The summed E-state index contributed by atoms with van der Waals surface area (Å²) in [6.07, 6.45) is 0.334. The Bertz CT molecular complexity index is 434. The van der Waals surface area contributed by atoms with Crippen molar-refractivity contribution in [3.63, 3.8) is 0 Å². The van der Waals surface area contributed by atoms with Crippen LogP contribution in [0.1, 0.15) is 21.7 Å². The molecular weight excluding hydrogens is 316 g/mol. The van der Waals surface area contributed by atoms with Gasteiger partial charge in [0.05, 0.1) is 27.8 Å². The highest BCUT2D eigenvalue weighted by Crippen LogP contribution is 2.28. The van der Waals surface area contributed by atoms with Crippen LogP contribution in [0.2, 0.25) is 0 Å². The predicted octanol–water partition coefficient (Wildman–Crippen LogP) is 2.82. The smallest absolute Gasteiger partial charge is 0.264 e. The molecule has 98 valence electrons. The van der Waals surface area contributed by atoms with Crippen molar-refractivity contribution in [2.75, 3.05) is 26.8 Å². The van der Waals surface area contributed by atoms with E-state index in [9.17, 15) is 4.79 Å². The van der Waals surface area contributed by atoms with E-state index in [1.165, 1.54) is 11.3 Å². The first-order chi connectivity index (χ1) is 8.60. The third-order valence-electron chi connectivity index (χ3n) is 2.41. The summed E-state index contributed by atoms with van der Waals surface area (Å²) >= 11 is 4.83. The molecule has 0 atom stereocenters. The van der Waals surface area contributed by atoms with Gasteiger partial charge in [-0.05, 0) is 34.5 Å². The molecule has 18 heavy (non-hydrogen) atoms. The van der Waals surface area contributed by atoms with Gasteiger partial charge in [0.1, 0.15) is 0 Å². The van der Waals surface area contributed by atoms with Crippen LogP contribution in [-0.2, 0) is 4.74 Å². The lowest BCUT2D eigenvalue weighted by Gasteiger charge is -2.20. The van der Waals surface area contributed by atoms with Crippen LogP contribution in [0.3, 0.4) is 0 Å². The van der Waals surface area contributed by atoms with Crippen molar-refractivity contribution >= 4 is 33.2 Å². The number of carbonyl (C=O) groups excluding carboxylic acids is 1. The van der Waals surface area contributed by atoms with Crippen LogP contribution in [0.5, 0.6) is 0 Å². The number of nitriles is 1. The molecule has 0 radical (unpaired) electrons. The number of carbonyl (C=O) groups is 1. The molecule has 0 bridgehead atoms. The first kappa shape index (κ1) is 15.2. The fraction of sp³-hybridized carbons (Fsp3) is 0.500. The Morgan fingerprint density at radius 3 is 2.83 bits per heavy atom. The van der Waals surface area contributed by atoms with Gasteiger partial charge in [0, 0.05) is 20.2 Å². The second-order valence-corrected chi connectivity index (χ2v) is 6.13. The molecule has 1 aromatic rings. The minimum Gasteiger partial charge on any atom is -0.383 e. The van der Waals surface area contributed by atoms with Crippen LogP contribution in [0, 0.1) is 18.3 Å². The van der Waals surface area contributed by atoms with Gasteiger partial charge in [-0.2, -0.15) is 5.26 Å². The van der Waals surface area contributed by atoms with Crippen molar-refractivity contribution in [2.45, 2.75) is 13.3 Å². The minimum absolute atomic E-state index is 0.0406. The maximum absolute atomic E-state index is 12.3. The SMILES string of the molecule is COCCN(CCC#N)C(=O)c1cc(C)c(Br)s1. The molecule has 0 saturated carbocycles. The van der Waals surface area contributed by atoms with E-state index in [2.05, 4.69) is 22.0 Å². The molecule has 1 amide bonds. The zero-order valence-corrected chi connectivity index (χ0v) is 12.8. The Morgan fingerprint density at radius 1 is 1.61 bits per heavy atom. The van der Waals surface area contributed by atoms with Crippen molar-refractivity contribution in [1.82, 2.24) is 4.90 Å². The lowest BCUT2D eigenvalue weighted by atomic mass is 10.3. The molecule has 0 spiro atoms. The number of rotatable bonds is 6. The highest BCUT2D eigenvalue weighted by Gasteiger charge is 2.18. The topological polar surface area (TPSA) is 53.3 Å². The van der Waals surface area contributed by atoms with Gasteiger partial charge in [0.15, 0.2) is 0 Å². The third-order valence-corrected chi connectivity index (χ3v) is 4.54. The van der Waals surface area contributed by atoms with Crippen molar-refractivity contribution in [2.24, 2.45) is 0 Å². The minimum atomic E-state index is -0.0406. The van der Waals surface area contributed by atoms with Crippen molar-refractivity contribution < 1.29 is 9.53 Å². The molecule has 0 aliphatic rings. The molecule has 6 heteroatoms. The standard InChI is InChI=1S/C12H15BrN2O2S/c1-9-8-10(18-11(9)13)12(16)15(5-3-4-14)6-7-17-2/h8H,3,5-7H2,1-2H3. The van der Waals surface area contributed by atoms with E-state index in [4.69, 9.17) is 10.00 Å². The van der Waals surface area contributed by atoms with Crippen LogP contribution in [0.4, 0.5) is 0 Å². The van der Waals surface area contributed by atoms with Gasteiger partial charge >= 0.3 is 0 Å². The summed E-state index contributed by atoms with van der Waals surface area (Å²) in [5.41, 5.74) is 1.05. The summed E-state index contributed by atoms with van der Waals surface area (Å²) in [5.74, 6) is -0.0406. The van der Waals surface area contributed by atoms with Gasteiger partial charge in [-0.15, -0.1) is 11.3 Å². The molecule has 1 heterocycles. The van der Waals surface area contributed by atoms with Gasteiger partial charge < -0.3 is 9.64 Å². The number of hydrogen-bond acceptors (Lipinski definition) is 4. The normalized spacial score (nSPS) is 10.1. The van der Waals surface area contributed by atoms with E-state index in [1.54, 1.807) is 12.0 Å². The average Bonchev–Trinajstić information content (AvgIpc) is 2.69. The molecule has 0 aliphatic carbocycles. The largest absolute Gasteiger partial charge is 0.383 e. The number of hydrogen-bond donors (Lipinski definition) is 0. The lowest BCUT2D eigenvalue weighted by molar-refractivity contribution is 0.0704. The van der Waals surface area contributed by atoms with Gasteiger partial charge in [0.2, 0.25) is 0 Å². The van der Waals surface area contributed by atoms with E-state index in [1.807, 2.05) is 13.0 Å². The van der Waals surface area contributed by atoms with Crippen molar-refractivity contribution in [1.29, 1.82) is 5.26 Å². The fourth-order valence-corrected chi connectivity index (χ4v) is 2.93. The van der Waals surface area contributed by atoms with E-state index >= 15 is 0 Å². The molecule has 0 N–H and O–H groups in total. The average molecular weight is 331 g/mol. The van der Waals surface area contributed by atoms with Crippen molar-refractivity contribution in [3.05, 3.63) is 20.3 Å². The highest BCUT2D eigenvalue weighted by molar-refractivity contribution is 9.11. The summed E-state index contributed by atoms with van der Waals surface area (Å²) in [6, 6.07) is 3.92. The van der Waals surface area contributed by atoms with Crippen LogP contribution >= 0.6 is 27.3 Å². The van der Waals surface area contributed by atoms with E-state index < -0.39 is 0 Å². The third kappa shape index (κ3) is 4.09. The van der Waals surface area contributed by atoms with Gasteiger partial charge in [-0.3, -0.25) is 4.79 Å². The Labute approximate surface area is 119 Å². The van der Waals surface area contributed by atoms with Crippen molar-refractivity contribution in [3.8, 4) is 6.07 Å². The predicted molar refractivity (Wildman–Crippen MR) is 74.8 cm³/mol. The van der Waals surface area contributed by atoms with E-state index in [-0.39, 0.29) is 5.91 Å². The molecule has 0 aliphatic heterocycles. The maximum atomic E-state index is 12.3. The molecule has 0 aromatic carbocycles. The van der Waals surface area contributed by atoms with Crippen LogP contribution < -0.4 is 0 Å². The van der Waals surface area contributed by atoms with Crippen LogP contribution in [-0.4, -0.2) is 37.6 Å². The molecule has 1 aromatic heterocycles. The number of amides is 1. The number of thiophene rings is 1. The molecule has 0 fully saturated rings. The second-order valence-electron chi connectivity index (χ2n) is 3.76. The first-order valence-electron chi connectivity index (χ1n) is 5.51. The molecule has 4 nitrogen and oxygen atoms in total. The molecule has 1 rings (SSSR count). The Kier molecular flexibility index (Phi) is 6.33. The van der Waals surface area contributed by atoms with Crippen LogP contribution in [0.25, 0.3) is 0 Å². The molecule has 0 unspecified atom stereocenters. The quantitative estimate of drug-likeness (QED) is 0.805. The highest BCUT2D eigenvalue weighted by atomic mass is 79.9. The lowest BCUT2D eigenvalue weighted by Crippen LogP contribution is -2.34. The molecule has 0 saturated heterocycles. The maximum Gasteiger partial charge on any atom is 0.264 e. The van der Waals surface area contributed by atoms with E-state index in [0.29, 0.717) is 31.0 Å². The Hall–Kier alpha value is -0.900. The number of ether oxygens (including phenoxy) is 1. The summed E-state index contributed by atoms with van der Waals surface area (Å²) in [7, 11) is 1.60. The number of aryl methyl sites for hydroxylation is 1.